The van der Waals surface area contributed by atoms with Crippen LogP contribution in [0.2, 0.25) is 5.02 Å². The summed E-state index contributed by atoms with van der Waals surface area (Å²) in [5, 5.41) is 2.88. The average Bonchev–Trinajstić information content (AvgIpc) is 2.40. The minimum atomic E-state index is -0.384. The van der Waals surface area contributed by atoms with Crippen molar-refractivity contribution >= 4 is 23.4 Å². The molecule has 0 saturated heterocycles. The number of quaternary nitrogens is 1. The highest BCUT2D eigenvalue weighted by molar-refractivity contribution is 6.31. The second-order valence-electron chi connectivity index (χ2n) is 5.08. The normalized spacial score (nSPS) is 11.9. The zero-order valence-electron chi connectivity index (χ0n) is 12.4. The van der Waals surface area contributed by atoms with Crippen LogP contribution in [-0.2, 0) is 16.1 Å². The van der Waals surface area contributed by atoms with Crippen molar-refractivity contribution in [3.63, 3.8) is 0 Å². The largest absolute Gasteiger partial charge is 0.347 e. The van der Waals surface area contributed by atoms with Gasteiger partial charge in [0.1, 0.15) is 12.4 Å². The molecule has 21 heavy (non-hydrogen) atoms. The van der Waals surface area contributed by atoms with Crippen LogP contribution in [0.4, 0.5) is 4.39 Å². The van der Waals surface area contributed by atoms with Crippen LogP contribution in [0, 0.1) is 5.82 Å². The molecule has 1 rings (SSSR count). The number of carbonyl (C=O) groups excluding carboxylic acids is 2. The van der Waals surface area contributed by atoms with E-state index in [4.69, 9.17) is 11.6 Å². The van der Waals surface area contributed by atoms with Gasteiger partial charge in [0.25, 0.3) is 5.91 Å². The Labute approximate surface area is 128 Å². The maximum absolute atomic E-state index is 13.6. The van der Waals surface area contributed by atoms with Crippen molar-refractivity contribution in [1.29, 1.82) is 0 Å². The molecule has 1 aromatic rings. The zero-order valence-corrected chi connectivity index (χ0v) is 13.1. The molecule has 2 N–H and O–H groups in total. The number of hydrogen-bond acceptors (Lipinski definition) is 2. The highest BCUT2D eigenvalue weighted by Gasteiger charge is 2.16. The third-order valence-electron chi connectivity index (χ3n) is 2.94. The van der Waals surface area contributed by atoms with Crippen molar-refractivity contribution in [1.82, 2.24) is 10.2 Å². The molecule has 0 aromatic heterocycles. The summed E-state index contributed by atoms with van der Waals surface area (Å²) in [6.45, 7) is 0.380. The molecule has 116 valence electrons. The van der Waals surface area contributed by atoms with Gasteiger partial charge in [0.05, 0.1) is 24.2 Å². The van der Waals surface area contributed by atoms with Crippen LogP contribution >= 0.6 is 11.6 Å². The quantitative estimate of drug-likeness (QED) is 0.757. The predicted molar refractivity (Wildman–Crippen MR) is 78.6 cm³/mol. The Bertz CT molecular complexity index is 503. The van der Waals surface area contributed by atoms with Crippen LogP contribution in [-0.4, -0.2) is 50.9 Å². The molecule has 2 amide bonds. The maximum Gasteiger partial charge on any atom is 0.275 e. The fourth-order valence-electron chi connectivity index (χ4n) is 1.73. The maximum atomic E-state index is 13.6. The summed E-state index contributed by atoms with van der Waals surface area (Å²) in [7, 11) is 4.99. The fraction of sp³-hybridized carbons (Fsp3) is 0.429. The molecule has 0 bridgehead atoms. The lowest BCUT2D eigenvalue weighted by atomic mass is 10.2. The van der Waals surface area contributed by atoms with Crippen molar-refractivity contribution in [3.8, 4) is 0 Å². The summed E-state index contributed by atoms with van der Waals surface area (Å²) in [6.07, 6.45) is 0. The van der Waals surface area contributed by atoms with Crippen LogP contribution in [0.15, 0.2) is 18.2 Å². The summed E-state index contributed by atoms with van der Waals surface area (Å²) in [5.74, 6) is -0.835. The van der Waals surface area contributed by atoms with Crippen LogP contribution < -0.4 is 10.2 Å². The first-order valence-corrected chi connectivity index (χ1v) is 6.90. The smallest absolute Gasteiger partial charge is 0.275 e. The molecule has 0 aliphatic rings. The van der Waals surface area contributed by atoms with Crippen molar-refractivity contribution in [3.05, 3.63) is 34.6 Å². The fourth-order valence-corrected chi connectivity index (χ4v) is 1.96. The van der Waals surface area contributed by atoms with Crippen molar-refractivity contribution < 1.29 is 18.9 Å². The molecule has 1 aromatic carbocycles. The summed E-state index contributed by atoms with van der Waals surface area (Å²) in [5.41, 5.74) is 0.383. The lowest BCUT2D eigenvalue weighted by molar-refractivity contribution is -0.885. The molecule has 7 heteroatoms. The van der Waals surface area contributed by atoms with Gasteiger partial charge in [-0.05, 0) is 12.1 Å². The molecule has 0 radical (unpaired) electrons. The van der Waals surface area contributed by atoms with Gasteiger partial charge >= 0.3 is 0 Å². The lowest BCUT2D eigenvalue weighted by Gasteiger charge is -2.16. The van der Waals surface area contributed by atoms with E-state index in [9.17, 15) is 14.0 Å². The van der Waals surface area contributed by atoms with E-state index in [0.29, 0.717) is 17.1 Å². The molecule has 1 unspecified atom stereocenters. The molecule has 5 nitrogen and oxygen atoms in total. The van der Waals surface area contributed by atoms with E-state index in [2.05, 4.69) is 5.32 Å². The third kappa shape index (κ3) is 5.69. The summed E-state index contributed by atoms with van der Waals surface area (Å²) >= 11 is 5.94. The van der Waals surface area contributed by atoms with Gasteiger partial charge in [0.15, 0.2) is 6.54 Å². The second-order valence-corrected chi connectivity index (χ2v) is 5.48. The number of carbonyl (C=O) groups is 2. The highest BCUT2D eigenvalue weighted by Crippen LogP contribution is 2.17. The molecule has 0 fully saturated rings. The Morgan fingerprint density at radius 2 is 2.05 bits per heavy atom. The molecule has 0 saturated carbocycles. The van der Waals surface area contributed by atoms with Gasteiger partial charge in [0.2, 0.25) is 5.91 Å². The van der Waals surface area contributed by atoms with E-state index in [1.54, 1.807) is 27.2 Å². The number of hydrogen-bond donors (Lipinski definition) is 2. The highest BCUT2D eigenvalue weighted by atomic mass is 35.5. The zero-order chi connectivity index (χ0) is 16.0. The molecular weight excluding hydrogens is 297 g/mol. The minimum Gasteiger partial charge on any atom is -0.347 e. The monoisotopic (exact) mass is 316 g/mol. The lowest BCUT2D eigenvalue weighted by Crippen LogP contribution is -3.09. The van der Waals surface area contributed by atoms with E-state index in [-0.39, 0.29) is 30.7 Å². The number of halogens is 2. The molecule has 0 aliphatic carbocycles. The Kier molecular flexibility index (Phi) is 6.58. The van der Waals surface area contributed by atoms with Gasteiger partial charge < -0.3 is 15.1 Å². The summed E-state index contributed by atoms with van der Waals surface area (Å²) in [4.78, 5) is 25.2. The first-order chi connectivity index (χ1) is 9.81. The van der Waals surface area contributed by atoms with Crippen LogP contribution in [0.5, 0.6) is 0 Å². The van der Waals surface area contributed by atoms with Crippen LogP contribution in [0.3, 0.4) is 0 Å². The predicted octanol–water partition coefficient (Wildman–Crippen LogP) is -0.302. The number of nitrogens with one attached hydrogen (secondary N) is 2. The Balaban J connectivity index is 2.48. The first kappa shape index (κ1) is 17.4. The van der Waals surface area contributed by atoms with Gasteiger partial charge in [-0.2, -0.15) is 0 Å². The van der Waals surface area contributed by atoms with Crippen LogP contribution in [0.1, 0.15) is 5.56 Å². The first-order valence-electron chi connectivity index (χ1n) is 6.52. The Morgan fingerprint density at radius 1 is 1.38 bits per heavy atom. The van der Waals surface area contributed by atoms with Crippen molar-refractivity contribution in [2.75, 3.05) is 34.2 Å². The van der Waals surface area contributed by atoms with E-state index in [0.717, 1.165) is 4.90 Å². The Hall–Kier alpha value is -1.66. The molecular formula is C14H20ClFN3O2+. The topological polar surface area (TPSA) is 53.9 Å². The number of benzene rings is 1. The van der Waals surface area contributed by atoms with Crippen LogP contribution in [0.25, 0.3) is 0 Å². The average molecular weight is 317 g/mol. The number of rotatable bonds is 6. The summed E-state index contributed by atoms with van der Waals surface area (Å²) in [6, 6.07) is 4.49. The standard InChI is InChI=1S/C14H19ClFN3O2/c1-18(2)14(21)7-17-13(20)9-19(3)8-10-11(15)5-4-6-12(10)16/h4-6H,7-9H2,1-3H3,(H,17,20)/p+1. The van der Waals surface area contributed by atoms with Gasteiger partial charge in [-0.1, -0.05) is 17.7 Å². The molecule has 0 spiro atoms. The minimum absolute atomic E-state index is 0.0421. The molecule has 0 aliphatic heterocycles. The van der Waals surface area contributed by atoms with E-state index >= 15 is 0 Å². The van der Waals surface area contributed by atoms with E-state index in [1.165, 1.54) is 17.0 Å². The molecule has 1 atom stereocenters. The van der Waals surface area contributed by atoms with Crippen molar-refractivity contribution in [2.24, 2.45) is 0 Å². The number of nitrogens with zero attached hydrogens (tertiary/aromatic N) is 1. The SMILES string of the molecule is CN(C)C(=O)CNC(=O)C[NH+](C)Cc1c(F)cccc1Cl. The number of likely N-dealkylation sites (N-methyl/N-ethyl adjacent to an activating group) is 2. The van der Waals surface area contributed by atoms with Gasteiger partial charge in [-0.25, -0.2) is 4.39 Å². The Morgan fingerprint density at radius 3 is 2.62 bits per heavy atom. The van der Waals surface area contributed by atoms with Gasteiger partial charge in [-0.3, -0.25) is 9.59 Å². The van der Waals surface area contributed by atoms with E-state index in [1.807, 2.05) is 0 Å². The van der Waals surface area contributed by atoms with Gasteiger partial charge in [0, 0.05) is 14.1 Å². The number of amides is 2. The van der Waals surface area contributed by atoms with Gasteiger partial charge in [-0.15, -0.1) is 0 Å². The second kappa shape index (κ2) is 7.95. The third-order valence-corrected chi connectivity index (χ3v) is 3.29. The van der Waals surface area contributed by atoms with E-state index < -0.39 is 0 Å². The molecule has 0 heterocycles. The summed E-state index contributed by atoms with van der Waals surface area (Å²) < 4.78 is 13.6. The van der Waals surface area contributed by atoms with Crippen molar-refractivity contribution in [2.45, 2.75) is 6.54 Å².